The smallest absolute Gasteiger partial charge is 0.273 e. The Balaban J connectivity index is 1.30. The van der Waals surface area contributed by atoms with Gasteiger partial charge in [-0.3, -0.25) is 4.79 Å². The number of nitrogens with zero attached hydrogens (tertiary/aromatic N) is 3. The number of rotatable bonds is 6. The molecule has 0 fully saturated rings. The van der Waals surface area contributed by atoms with Gasteiger partial charge < -0.3 is 14.4 Å². The highest BCUT2D eigenvalue weighted by atomic mass is 16.5. The van der Waals surface area contributed by atoms with Crippen LogP contribution in [0, 0.1) is 0 Å². The second-order valence-corrected chi connectivity index (χ2v) is 6.41. The van der Waals surface area contributed by atoms with Gasteiger partial charge in [-0.2, -0.15) is 4.98 Å². The first-order chi connectivity index (χ1) is 12.8. The van der Waals surface area contributed by atoms with Gasteiger partial charge in [-0.25, -0.2) is 0 Å². The molecule has 26 heavy (non-hydrogen) atoms. The summed E-state index contributed by atoms with van der Waals surface area (Å²) in [5.74, 6) is 1.80. The molecule has 0 radical (unpaired) electrons. The van der Waals surface area contributed by atoms with Crippen molar-refractivity contribution < 1.29 is 13.8 Å². The average Bonchev–Trinajstić information content (AvgIpc) is 3.29. The SMILES string of the molecule is O=C(NCCc1nc(Cc2ccccc2)no1)c1noc2c1CCCC2. The number of fused-ring (bicyclic) bond motifs is 1. The molecule has 1 N–H and O–H groups in total. The lowest BCUT2D eigenvalue weighted by molar-refractivity contribution is 0.0943. The lowest BCUT2D eigenvalue weighted by Crippen LogP contribution is -2.27. The Morgan fingerprint density at radius 1 is 1.08 bits per heavy atom. The van der Waals surface area contributed by atoms with Crippen molar-refractivity contribution in [3.63, 3.8) is 0 Å². The first kappa shape index (κ1) is 16.5. The Hall–Kier alpha value is -2.96. The number of carbonyl (C=O) groups excluding carboxylic acids is 1. The largest absolute Gasteiger partial charge is 0.360 e. The Morgan fingerprint density at radius 2 is 1.92 bits per heavy atom. The van der Waals surface area contributed by atoms with Crippen molar-refractivity contribution >= 4 is 5.91 Å². The number of carbonyl (C=O) groups is 1. The van der Waals surface area contributed by atoms with Crippen LogP contribution >= 0.6 is 0 Å². The first-order valence-corrected chi connectivity index (χ1v) is 8.90. The van der Waals surface area contributed by atoms with E-state index in [0.717, 1.165) is 42.6 Å². The van der Waals surface area contributed by atoms with Crippen molar-refractivity contribution in [3.05, 3.63) is 64.6 Å². The molecule has 3 aromatic rings. The second-order valence-electron chi connectivity index (χ2n) is 6.41. The number of amides is 1. The molecular formula is C19H20N4O3. The van der Waals surface area contributed by atoms with E-state index in [0.29, 0.717) is 36.8 Å². The summed E-state index contributed by atoms with van der Waals surface area (Å²) in [6.45, 7) is 0.410. The van der Waals surface area contributed by atoms with Gasteiger partial charge in [0.2, 0.25) is 5.89 Å². The molecule has 2 heterocycles. The quantitative estimate of drug-likeness (QED) is 0.732. The minimum absolute atomic E-state index is 0.207. The van der Waals surface area contributed by atoms with Crippen molar-refractivity contribution in [2.75, 3.05) is 6.54 Å². The van der Waals surface area contributed by atoms with Crippen molar-refractivity contribution in [3.8, 4) is 0 Å². The van der Waals surface area contributed by atoms with Crippen LogP contribution in [0.15, 0.2) is 39.4 Å². The highest BCUT2D eigenvalue weighted by Gasteiger charge is 2.23. The van der Waals surface area contributed by atoms with E-state index in [1.165, 1.54) is 0 Å². The molecule has 4 rings (SSSR count). The maximum atomic E-state index is 12.3. The Kier molecular flexibility index (Phi) is 4.77. The van der Waals surface area contributed by atoms with Crippen LogP contribution in [0.1, 0.15) is 51.9 Å². The summed E-state index contributed by atoms with van der Waals surface area (Å²) in [5, 5.41) is 10.8. The van der Waals surface area contributed by atoms with E-state index in [1.54, 1.807) is 0 Å². The van der Waals surface area contributed by atoms with E-state index in [1.807, 2.05) is 30.3 Å². The van der Waals surface area contributed by atoms with Gasteiger partial charge in [0.15, 0.2) is 11.5 Å². The molecule has 0 saturated heterocycles. The highest BCUT2D eigenvalue weighted by Crippen LogP contribution is 2.24. The van der Waals surface area contributed by atoms with Gasteiger partial charge in [0.25, 0.3) is 5.91 Å². The summed E-state index contributed by atoms with van der Waals surface area (Å²) in [4.78, 5) is 16.7. The zero-order chi connectivity index (χ0) is 17.8. The van der Waals surface area contributed by atoms with Gasteiger partial charge in [0.1, 0.15) is 5.76 Å². The summed E-state index contributed by atoms with van der Waals surface area (Å²) < 4.78 is 10.5. The normalized spacial score (nSPS) is 13.4. The highest BCUT2D eigenvalue weighted by molar-refractivity contribution is 5.93. The predicted octanol–water partition coefficient (Wildman–Crippen LogP) is 2.50. The molecule has 7 nitrogen and oxygen atoms in total. The summed E-state index contributed by atoms with van der Waals surface area (Å²) in [6.07, 6.45) is 4.98. The molecule has 0 unspecified atom stereocenters. The zero-order valence-corrected chi connectivity index (χ0v) is 14.4. The third kappa shape index (κ3) is 3.66. The molecule has 1 aliphatic carbocycles. The Bertz CT molecular complexity index is 885. The van der Waals surface area contributed by atoms with Crippen LogP contribution in [0.4, 0.5) is 0 Å². The Labute approximate surface area is 150 Å². The van der Waals surface area contributed by atoms with Gasteiger partial charge in [-0.1, -0.05) is 40.6 Å². The van der Waals surface area contributed by atoms with Crippen LogP contribution in [0.3, 0.4) is 0 Å². The third-order valence-electron chi connectivity index (χ3n) is 4.50. The average molecular weight is 352 g/mol. The van der Waals surface area contributed by atoms with E-state index in [4.69, 9.17) is 9.05 Å². The number of aromatic nitrogens is 3. The van der Waals surface area contributed by atoms with E-state index in [2.05, 4.69) is 20.6 Å². The van der Waals surface area contributed by atoms with Crippen molar-refractivity contribution in [2.24, 2.45) is 0 Å². The van der Waals surface area contributed by atoms with Gasteiger partial charge in [-0.15, -0.1) is 0 Å². The fourth-order valence-corrected chi connectivity index (χ4v) is 3.17. The number of nitrogens with one attached hydrogen (secondary N) is 1. The monoisotopic (exact) mass is 352 g/mol. The minimum Gasteiger partial charge on any atom is -0.360 e. The van der Waals surface area contributed by atoms with E-state index in [9.17, 15) is 4.79 Å². The van der Waals surface area contributed by atoms with Crippen LogP contribution in [0.25, 0.3) is 0 Å². The first-order valence-electron chi connectivity index (χ1n) is 8.90. The lowest BCUT2D eigenvalue weighted by Gasteiger charge is -2.08. The molecule has 1 aliphatic rings. The van der Waals surface area contributed by atoms with Gasteiger partial charge in [0.05, 0.1) is 0 Å². The molecule has 7 heteroatoms. The molecule has 134 valence electrons. The lowest BCUT2D eigenvalue weighted by atomic mass is 9.96. The van der Waals surface area contributed by atoms with E-state index < -0.39 is 0 Å². The Morgan fingerprint density at radius 3 is 2.81 bits per heavy atom. The summed E-state index contributed by atoms with van der Waals surface area (Å²) >= 11 is 0. The zero-order valence-electron chi connectivity index (χ0n) is 14.4. The van der Waals surface area contributed by atoms with E-state index in [-0.39, 0.29) is 5.91 Å². The maximum absolute atomic E-state index is 12.3. The molecule has 1 amide bonds. The standard InChI is InChI=1S/C19H20N4O3/c24-19(18-14-8-4-5-9-15(14)25-23-18)20-11-10-17-21-16(22-26-17)12-13-6-2-1-3-7-13/h1-3,6-7H,4-5,8-12H2,(H,20,24). The molecule has 1 aromatic carbocycles. The summed E-state index contributed by atoms with van der Waals surface area (Å²) in [6, 6.07) is 9.98. The van der Waals surface area contributed by atoms with E-state index >= 15 is 0 Å². The molecule has 0 saturated carbocycles. The van der Waals surface area contributed by atoms with Gasteiger partial charge >= 0.3 is 0 Å². The molecule has 0 atom stereocenters. The molecular weight excluding hydrogens is 332 g/mol. The topological polar surface area (TPSA) is 94.1 Å². The number of hydrogen-bond acceptors (Lipinski definition) is 6. The van der Waals surface area contributed by atoms with Crippen LogP contribution in [0.5, 0.6) is 0 Å². The molecule has 0 aliphatic heterocycles. The summed E-state index contributed by atoms with van der Waals surface area (Å²) in [5.41, 5.74) is 2.50. The maximum Gasteiger partial charge on any atom is 0.273 e. The number of hydrogen-bond donors (Lipinski definition) is 1. The van der Waals surface area contributed by atoms with Crippen molar-refractivity contribution in [1.82, 2.24) is 20.6 Å². The van der Waals surface area contributed by atoms with Crippen molar-refractivity contribution in [1.29, 1.82) is 0 Å². The number of aryl methyl sites for hydroxylation is 1. The molecule has 0 spiro atoms. The van der Waals surface area contributed by atoms with Gasteiger partial charge in [-0.05, 0) is 24.8 Å². The second kappa shape index (κ2) is 7.51. The third-order valence-corrected chi connectivity index (χ3v) is 4.50. The van der Waals surface area contributed by atoms with Crippen LogP contribution < -0.4 is 5.32 Å². The molecule has 2 aromatic heterocycles. The van der Waals surface area contributed by atoms with Crippen molar-refractivity contribution in [2.45, 2.75) is 38.5 Å². The fourth-order valence-electron chi connectivity index (χ4n) is 3.17. The number of benzene rings is 1. The van der Waals surface area contributed by atoms with Crippen LogP contribution in [-0.4, -0.2) is 27.7 Å². The summed E-state index contributed by atoms with van der Waals surface area (Å²) in [7, 11) is 0. The van der Waals surface area contributed by atoms with Gasteiger partial charge in [0, 0.05) is 31.4 Å². The fraction of sp³-hybridized carbons (Fsp3) is 0.368. The van der Waals surface area contributed by atoms with Crippen LogP contribution in [-0.2, 0) is 25.7 Å². The predicted molar refractivity (Wildman–Crippen MR) is 92.7 cm³/mol. The van der Waals surface area contributed by atoms with Crippen LogP contribution in [0.2, 0.25) is 0 Å². The minimum atomic E-state index is -0.207. The molecule has 0 bridgehead atoms.